The van der Waals surface area contributed by atoms with Crippen LogP contribution in [-0.2, 0) is 11.2 Å². The van der Waals surface area contributed by atoms with Crippen LogP contribution in [0.15, 0.2) is 24.3 Å². The zero-order valence-corrected chi connectivity index (χ0v) is 9.98. The molecule has 3 heteroatoms. The Balaban J connectivity index is 1.65. The number of amides is 1. The van der Waals surface area contributed by atoms with Crippen LogP contribution < -0.4 is 5.32 Å². The minimum Gasteiger partial charge on any atom is -0.508 e. The van der Waals surface area contributed by atoms with Gasteiger partial charge in [-0.1, -0.05) is 25.0 Å². The summed E-state index contributed by atoms with van der Waals surface area (Å²) in [6, 6.07) is 6.84. The van der Waals surface area contributed by atoms with E-state index in [2.05, 4.69) is 5.32 Å². The van der Waals surface area contributed by atoms with E-state index in [1.165, 1.54) is 19.3 Å². The Morgan fingerprint density at radius 2 is 2.24 bits per heavy atom. The second kappa shape index (κ2) is 5.71. The molecule has 1 aromatic rings. The summed E-state index contributed by atoms with van der Waals surface area (Å²) in [6.07, 6.45) is 5.41. The van der Waals surface area contributed by atoms with Crippen molar-refractivity contribution in [3.8, 4) is 5.75 Å². The lowest BCUT2D eigenvalue weighted by molar-refractivity contribution is -0.120. The standard InChI is InChI=1S/C14H19NO2/c16-13-5-1-3-12(9-13)10-14(17)15-8-2-4-11-6-7-11/h1,3,5,9,11,16H,2,4,6-8,10H2,(H,15,17). The third-order valence-corrected chi connectivity index (χ3v) is 3.08. The zero-order chi connectivity index (χ0) is 12.1. The molecule has 0 spiro atoms. The van der Waals surface area contributed by atoms with Gasteiger partial charge < -0.3 is 10.4 Å². The Morgan fingerprint density at radius 1 is 1.41 bits per heavy atom. The normalized spacial score (nSPS) is 14.6. The zero-order valence-electron chi connectivity index (χ0n) is 9.98. The predicted octanol–water partition coefficient (Wildman–Crippen LogP) is 2.24. The van der Waals surface area contributed by atoms with Crippen molar-refractivity contribution in [1.82, 2.24) is 5.32 Å². The molecule has 92 valence electrons. The van der Waals surface area contributed by atoms with E-state index in [0.717, 1.165) is 24.4 Å². The van der Waals surface area contributed by atoms with Crippen molar-refractivity contribution in [3.63, 3.8) is 0 Å². The van der Waals surface area contributed by atoms with Crippen molar-refractivity contribution < 1.29 is 9.90 Å². The Labute approximate surface area is 102 Å². The molecule has 1 amide bonds. The topological polar surface area (TPSA) is 49.3 Å². The summed E-state index contributed by atoms with van der Waals surface area (Å²) in [5.41, 5.74) is 0.852. The monoisotopic (exact) mass is 233 g/mol. The average Bonchev–Trinajstić information content (AvgIpc) is 3.08. The summed E-state index contributed by atoms with van der Waals surface area (Å²) in [4.78, 5) is 11.6. The molecular formula is C14H19NO2. The van der Waals surface area contributed by atoms with Crippen LogP contribution in [0.5, 0.6) is 5.75 Å². The van der Waals surface area contributed by atoms with Crippen molar-refractivity contribution in [2.45, 2.75) is 32.1 Å². The SMILES string of the molecule is O=C(Cc1cccc(O)c1)NCCCC1CC1. The Morgan fingerprint density at radius 3 is 2.94 bits per heavy atom. The van der Waals surface area contributed by atoms with E-state index in [1.54, 1.807) is 18.2 Å². The number of phenolic OH excluding ortho intramolecular Hbond substituents is 1. The molecule has 0 bridgehead atoms. The number of aromatic hydroxyl groups is 1. The van der Waals surface area contributed by atoms with Gasteiger partial charge in [-0.2, -0.15) is 0 Å². The van der Waals surface area contributed by atoms with Crippen LogP contribution in [0.4, 0.5) is 0 Å². The van der Waals surface area contributed by atoms with Crippen LogP contribution in [-0.4, -0.2) is 17.6 Å². The molecule has 0 atom stereocenters. The van der Waals surface area contributed by atoms with Gasteiger partial charge in [-0.25, -0.2) is 0 Å². The maximum atomic E-state index is 11.6. The van der Waals surface area contributed by atoms with Gasteiger partial charge in [-0.3, -0.25) is 4.79 Å². The summed E-state index contributed by atoms with van der Waals surface area (Å²) < 4.78 is 0. The minimum atomic E-state index is 0.0337. The molecule has 0 heterocycles. The molecule has 2 rings (SSSR count). The van der Waals surface area contributed by atoms with Crippen LogP contribution in [0.2, 0.25) is 0 Å². The molecule has 1 saturated carbocycles. The largest absolute Gasteiger partial charge is 0.508 e. The Hall–Kier alpha value is -1.51. The summed E-state index contributed by atoms with van der Waals surface area (Å²) in [5.74, 6) is 1.17. The van der Waals surface area contributed by atoms with Gasteiger partial charge in [0.25, 0.3) is 0 Å². The number of rotatable bonds is 6. The molecular weight excluding hydrogens is 214 g/mol. The van der Waals surface area contributed by atoms with E-state index in [0.29, 0.717) is 6.42 Å². The van der Waals surface area contributed by atoms with Crippen molar-refractivity contribution in [1.29, 1.82) is 0 Å². The fourth-order valence-corrected chi connectivity index (χ4v) is 1.94. The highest BCUT2D eigenvalue weighted by Gasteiger charge is 2.20. The molecule has 1 aromatic carbocycles. The highest BCUT2D eigenvalue weighted by molar-refractivity contribution is 5.78. The lowest BCUT2D eigenvalue weighted by Gasteiger charge is -2.05. The molecule has 0 aliphatic heterocycles. The second-order valence-electron chi connectivity index (χ2n) is 4.78. The van der Waals surface area contributed by atoms with Gasteiger partial charge in [0, 0.05) is 6.54 Å². The van der Waals surface area contributed by atoms with Gasteiger partial charge in [0.05, 0.1) is 6.42 Å². The molecule has 3 nitrogen and oxygen atoms in total. The molecule has 0 aromatic heterocycles. The molecule has 0 radical (unpaired) electrons. The number of hydrogen-bond donors (Lipinski definition) is 2. The smallest absolute Gasteiger partial charge is 0.224 e. The molecule has 1 aliphatic carbocycles. The quantitative estimate of drug-likeness (QED) is 0.740. The van der Waals surface area contributed by atoms with E-state index in [9.17, 15) is 9.90 Å². The van der Waals surface area contributed by atoms with Gasteiger partial charge in [-0.15, -0.1) is 0 Å². The fraction of sp³-hybridized carbons (Fsp3) is 0.500. The van der Waals surface area contributed by atoms with Crippen LogP contribution in [0.25, 0.3) is 0 Å². The third-order valence-electron chi connectivity index (χ3n) is 3.08. The van der Waals surface area contributed by atoms with Crippen molar-refractivity contribution in [3.05, 3.63) is 29.8 Å². The van der Waals surface area contributed by atoms with Crippen molar-refractivity contribution in [2.75, 3.05) is 6.54 Å². The van der Waals surface area contributed by atoms with Crippen molar-refractivity contribution in [2.24, 2.45) is 5.92 Å². The van der Waals surface area contributed by atoms with Crippen LogP contribution in [0.1, 0.15) is 31.2 Å². The number of benzene rings is 1. The second-order valence-corrected chi connectivity index (χ2v) is 4.78. The van der Waals surface area contributed by atoms with Gasteiger partial charge in [0.15, 0.2) is 0 Å². The lowest BCUT2D eigenvalue weighted by atomic mass is 10.1. The Bertz CT molecular complexity index is 386. The number of carbonyl (C=O) groups excluding carboxylic acids is 1. The highest BCUT2D eigenvalue weighted by atomic mass is 16.3. The number of hydrogen-bond acceptors (Lipinski definition) is 2. The Kier molecular flexibility index (Phi) is 4.02. The average molecular weight is 233 g/mol. The van der Waals surface area contributed by atoms with Crippen LogP contribution in [0, 0.1) is 5.92 Å². The van der Waals surface area contributed by atoms with E-state index >= 15 is 0 Å². The van der Waals surface area contributed by atoms with Gasteiger partial charge >= 0.3 is 0 Å². The third kappa shape index (κ3) is 4.47. The molecule has 0 unspecified atom stereocenters. The van der Waals surface area contributed by atoms with Crippen LogP contribution in [0.3, 0.4) is 0 Å². The highest BCUT2D eigenvalue weighted by Crippen LogP contribution is 2.33. The predicted molar refractivity (Wildman–Crippen MR) is 66.8 cm³/mol. The van der Waals surface area contributed by atoms with Crippen LogP contribution >= 0.6 is 0 Å². The molecule has 1 aliphatic rings. The maximum Gasteiger partial charge on any atom is 0.224 e. The van der Waals surface area contributed by atoms with Gasteiger partial charge in [-0.05, 0) is 36.5 Å². The molecule has 1 fully saturated rings. The molecule has 2 N–H and O–H groups in total. The van der Waals surface area contributed by atoms with Gasteiger partial charge in [0.2, 0.25) is 5.91 Å². The van der Waals surface area contributed by atoms with E-state index in [1.807, 2.05) is 6.07 Å². The minimum absolute atomic E-state index is 0.0337. The molecule has 0 saturated heterocycles. The first kappa shape index (κ1) is 12.0. The summed E-state index contributed by atoms with van der Waals surface area (Å²) in [6.45, 7) is 0.772. The van der Waals surface area contributed by atoms with Crippen molar-refractivity contribution >= 4 is 5.91 Å². The summed E-state index contributed by atoms with van der Waals surface area (Å²) in [5, 5.41) is 12.2. The first-order chi connectivity index (χ1) is 8.24. The van der Waals surface area contributed by atoms with E-state index in [-0.39, 0.29) is 11.7 Å². The first-order valence-corrected chi connectivity index (χ1v) is 6.28. The fourth-order valence-electron chi connectivity index (χ4n) is 1.94. The summed E-state index contributed by atoms with van der Waals surface area (Å²) >= 11 is 0. The molecule has 17 heavy (non-hydrogen) atoms. The maximum absolute atomic E-state index is 11.6. The summed E-state index contributed by atoms with van der Waals surface area (Å²) in [7, 11) is 0. The number of carbonyl (C=O) groups is 1. The number of nitrogens with one attached hydrogen (secondary N) is 1. The first-order valence-electron chi connectivity index (χ1n) is 6.28. The van der Waals surface area contributed by atoms with Gasteiger partial charge in [0.1, 0.15) is 5.75 Å². The lowest BCUT2D eigenvalue weighted by Crippen LogP contribution is -2.26. The number of phenols is 1. The van der Waals surface area contributed by atoms with E-state index in [4.69, 9.17) is 0 Å². The van der Waals surface area contributed by atoms with E-state index < -0.39 is 0 Å².